The van der Waals surface area contributed by atoms with Gasteiger partial charge in [0.15, 0.2) is 0 Å². The van der Waals surface area contributed by atoms with Gasteiger partial charge in [0.05, 0.1) is 5.69 Å². The summed E-state index contributed by atoms with van der Waals surface area (Å²) in [5.74, 6) is -0.987. The van der Waals surface area contributed by atoms with Crippen molar-refractivity contribution in [2.75, 3.05) is 22.9 Å². The molecule has 2 aromatic rings. The molecule has 0 heterocycles. The van der Waals surface area contributed by atoms with Crippen molar-refractivity contribution in [1.29, 1.82) is 0 Å². The maximum atomic E-state index is 13.7. The number of carboxylic acid groups (broad SMARTS) is 1. The van der Waals surface area contributed by atoms with E-state index >= 15 is 0 Å². The minimum absolute atomic E-state index is 0.0127. The number of carboxylic acids is 1. The molecule has 2 rings (SSSR count). The summed E-state index contributed by atoms with van der Waals surface area (Å²) in [6.07, 6.45) is 7.69. The lowest BCUT2D eigenvalue weighted by Gasteiger charge is -2.29. The summed E-state index contributed by atoms with van der Waals surface area (Å²) >= 11 is 0. The molecule has 0 aliphatic heterocycles. The lowest BCUT2D eigenvalue weighted by atomic mass is 10.0. The molecule has 0 saturated carbocycles. The van der Waals surface area contributed by atoms with Crippen LogP contribution in [-0.4, -0.2) is 36.0 Å². The Balaban J connectivity index is 2.34. The minimum atomic E-state index is -0.864. The molecular weight excluding hydrogens is 476 g/mol. The highest BCUT2D eigenvalue weighted by Gasteiger charge is 2.23. The first-order valence-electron chi connectivity index (χ1n) is 14.0. The van der Waals surface area contributed by atoms with Crippen molar-refractivity contribution in [3.63, 3.8) is 0 Å². The van der Waals surface area contributed by atoms with Crippen molar-refractivity contribution in [3.8, 4) is 0 Å². The highest BCUT2D eigenvalue weighted by atomic mass is 16.4. The number of aliphatic carboxylic acids is 1. The van der Waals surface area contributed by atoms with Gasteiger partial charge < -0.3 is 14.9 Å². The molecule has 0 aromatic heterocycles. The monoisotopic (exact) mass is 520 g/mol. The van der Waals surface area contributed by atoms with E-state index in [2.05, 4.69) is 39.8 Å². The molecule has 1 N–H and O–H groups in total. The SMILES string of the molecule is CC=CC(=O)N(CCCC(=O)N(CCCC(=O)O)c1c(CC)cccc1CC)c1c(CC)cccc1CC. The maximum absolute atomic E-state index is 13.7. The average Bonchev–Trinajstić information content (AvgIpc) is 2.92. The standard InChI is InChI=1S/C32H44N2O4/c1-6-15-28(35)33(31-24(7-2)16-11-17-25(31)8-3)22-13-20-29(36)34(23-14-21-30(37)38)32-26(9-4)18-12-19-27(32)10-5/h6,11-12,15-19H,7-10,13-14,20-23H2,1-5H3,(H,37,38). The predicted molar refractivity (Wildman–Crippen MR) is 156 cm³/mol. The second-order valence-electron chi connectivity index (χ2n) is 9.40. The topological polar surface area (TPSA) is 77.9 Å². The van der Waals surface area contributed by atoms with Gasteiger partial charge in [-0.3, -0.25) is 14.4 Å². The van der Waals surface area contributed by atoms with Gasteiger partial charge in [0, 0.05) is 31.6 Å². The van der Waals surface area contributed by atoms with Gasteiger partial charge in [0.25, 0.3) is 5.91 Å². The van der Waals surface area contributed by atoms with Gasteiger partial charge in [-0.1, -0.05) is 70.2 Å². The molecule has 206 valence electrons. The normalized spacial score (nSPS) is 11.1. The van der Waals surface area contributed by atoms with E-state index in [1.807, 2.05) is 36.1 Å². The number of amides is 2. The summed E-state index contributed by atoms with van der Waals surface area (Å²) in [5.41, 5.74) is 6.28. The van der Waals surface area contributed by atoms with Crippen LogP contribution < -0.4 is 9.80 Å². The van der Waals surface area contributed by atoms with Gasteiger partial charge in [0.2, 0.25) is 5.91 Å². The average molecular weight is 521 g/mol. The number of nitrogens with zero attached hydrogens (tertiary/aromatic N) is 2. The van der Waals surface area contributed by atoms with Crippen LogP contribution in [0.2, 0.25) is 0 Å². The van der Waals surface area contributed by atoms with Crippen molar-refractivity contribution in [1.82, 2.24) is 0 Å². The Kier molecular flexibility index (Phi) is 12.8. The Morgan fingerprint density at radius 3 is 1.55 bits per heavy atom. The van der Waals surface area contributed by atoms with Gasteiger partial charge in [-0.05, 0) is 73.8 Å². The number of hydrogen-bond donors (Lipinski definition) is 1. The lowest BCUT2D eigenvalue weighted by molar-refractivity contribution is -0.137. The molecule has 0 spiro atoms. The molecule has 0 unspecified atom stereocenters. The fraction of sp³-hybridized carbons (Fsp3) is 0.469. The number of para-hydroxylation sites is 2. The third kappa shape index (κ3) is 8.04. The molecule has 0 aliphatic carbocycles. The number of hydrogen-bond acceptors (Lipinski definition) is 3. The van der Waals surface area contributed by atoms with Gasteiger partial charge >= 0.3 is 5.97 Å². The van der Waals surface area contributed by atoms with Crippen molar-refractivity contribution in [3.05, 3.63) is 70.8 Å². The summed E-state index contributed by atoms with van der Waals surface area (Å²) in [7, 11) is 0. The van der Waals surface area contributed by atoms with E-state index in [0.29, 0.717) is 25.9 Å². The molecule has 0 atom stereocenters. The van der Waals surface area contributed by atoms with Crippen LogP contribution in [0.5, 0.6) is 0 Å². The summed E-state index contributed by atoms with van der Waals surface area (Å²) < 4.78 is 0. The molecule has 6 nitrogen and oxygen atoms in total. The molecule has 0 bridgehead atoms. The zero-order valence-corrected chi connectivity index (χ0v) is 23.8. The van der Waals surface area contributed by atoms with Crippen LogP contribution in [0.3, 0.4) is 0 Å². The Hall–Kier alpha value is -3.41. The third-order valence-electron chi connectivity index (χ3n) is 6.89. The molecule has 2 aromatic carbocycles. The van der Waals surface area contributed by atoms with Crippen LogP contribution in [0.1, 0.15) is 82.6 Å². The van der Waals surface area contributed by atoms with Crippen LogP contribution in [0.25, 0.3) is 0 Å². The van der Waals surface area contributed by atoms with Gasteiger partial charge in [-0.15, -0.1) is 0 Å². The Bertz CT molecular complexity index is 1080. The van der Waals surface area contributed by atoms with Crippen molar-refractivity contribution >= 4 is 29.2 Å². The number of carbonyl (C=O) groups is 3. The van der Waals surface area contributed by atoms with E-state index in [4.69, 9.17) is 0 Å². The van der Waals surface area contributed by atoms with Crippen molar-refractivity contribution in [2.24, 2.45) is 0 Å². The third-order valence-corrected chi connectivity index (χ3v) is 6.89. The molecule has 0 saturated heterocycles. The van der Waals surface area contributed by atoms with E-state index in [1.165, 1.54) is 0 Å². The van der Waals surface area contributed by atoms with Gasteiger partial charge in [0.1, 0.15) is 0 Å². The molecule has 38 heavy (non-hydrogen) atoms. The van der Waals surface area contributed by atoms with Crippen LogP contribution in [0, 0.1) is 0 Å². The number of anilines is 2. The highest BCUT2D eigenvalue weighted by molar-refractivity contribution is 6.02. The van der Waals surface area contributed by atoms with Gasteiger partial charge in [-0.25, -0.2) is 0 Å². The zero-order chi connectivity index (χ0) is 28.1. The van der Waals surface area contributed by atoms with Crippen LogP contribution in [0.4, 0.5) is 11.4 Å². The van der Waals surface area contributed by atoms with E-state index in [1.54, 1.807) is 17.1 Å². The quantitative estimate of drug-likeness (QED) is 0.271. The van der Waals surface area contributed by atoms with E-state index < -0.39 is 5.97 Å². The number of aryl methyl sites for hydroxylation is 4. The van der Waals surface area contributed by atoms with E-state index in [0.717, 1.165) is 59.3 Å². The first kappa shape index (κ1) is 30.8. The molecular formula is C32H44N2O4. The summed E-state index contributed by atoms with van der Waals surface area (Å²) in [6, 6.07) is 12.3. The molecule has 0 radical (unpaired) electrons. The Labute approximate surface area is 228 Å². The Morgan fingerprint density at radius 1 is 0.711 bits per heavy atom. The van der Waals surface area contributed by atoms with Crippen LogP contribution >= 0.6 is 0 Å². The zero-order valence-electron chi connectivity index (χ0n) is 23.8. The summed E-state index contributed by atoms with van der Waals surface area (Å²) in [5, 5.41) is 9.18. The number of benzene rings is 2. The lowest BCUT2D eigenvalue weighted by Crippen LogP contribution is -2.36. The van der Waals surface area contributed by atoms with Crippen molar-refractivity contribution in [2.45, 2.75) is 86.0 Å². The minimum Gasteiger partial charge on any atom is -0.481 e. The molecule has 2 amide bonds. The molecule has 6 heteroatoms. The second kappa shape index (κ2) is 15.8. The Morgan fingerprint density at radius 2 is 1.13 bits per heavy atom. The van der Waals surface area contributed by atoms with E-state index in [9.17, 15) is 19.5 Å². The fourth-order valence-corrected chi connectivity index (χ4v) is 4.96. The van der Waals surface area contributed by atoms with E-state index in [-0.39, 0.29) is 24.7 Å². The highest BCUT2D eigenvalue weighted by Crippen LogP contribution is 2.30. The number of rotatable bonds is 15. The predicted octanol–water partition coefficient (Wildman–Crippen LogP) is 6.52. The number of carbonyl (C=O) groups excluding carboxylic acids is 2. The summed E-state index contributed by atoms with van der Waals surface area (Å²) in [6.45, 7) is 10.9. The fourth-order valence-electron chi connectivity index (χ4n) is 4.96. The van der Waals surface area contributed by atoms with Crippen LogP contribution in [-0.2, 0) is 40.1 Å². The smallest absolute Gasteiger partial charge is 0.303 e. The summed E-state index contributed by atoms with van der Waals surface area (Å²) in [4.78, 5) is 41.6. The molecule has 0 fully saturated rings. The molecule has 0 aliphatic rings. The maximum Gasteiger partial charge on any atom is 0.303 e. The van der Waals surface area contributed by atoms with Gasteiger partial charge in [-0.2, -0.15) is 0 Å². The first-order valence-corrected chi connectivity index (χ1v) is 14.0. The second-order valence-corrected chi connectivity index (χ2v) is 9.40. The largest absolute Gasteiger partial charge is 0.481 e. The number of allylic oxidation sites excluding steroid dienone is 1. The first-order chi connectivity index (χ1) is 18.3. The van der Waals surface area contributed by atoms with Crippen LogP contribution in [0.15, 0.2) is 48.6 Å². The van der Waals surface area contributed by atoms with Crippen molar-refractivity contribution < 1.29 is 19.5 Å².